The standard InChI is InChI=1S/C22H41N6O5/c1-13(2)11-16(18(30)26-15(12-29)9-8-10-25-20(23)24)27-19(31)17(14(3)4)28-21(32)33-22(5,6)7/h13-17H,8-11H2,1-7H3,(H,26,30)(H,27,31)(H,28,32)(H4,23,24,25)/t15?,16?,17-/m1/s1. The van der Waals surface area contributed by atoms with Gasteiger partial charge in [-0.05, 0) is 51.9 Å². The first kappa shape index (κ1) is 30.1. The molecule has 2 unspecified atom stereocenters. The van der Waals surface area contributed by atoms with E-state index in [2.05, 4.69) is 21.3 Å². The highest BCUT2D eigenvalue weighted by molar-refractivity contribution is 5.92. The van der Waals surface area contributed by atoms with Crippen molar-refractivity contribution in [1.29, 1.82) is 5.41 Å². The first-order chi connectivity index (χ1) is 15.2. The van der Waals surface area contributed by atoms with E-state index in [4.69, 9.17) is 15.9 Å². The summed E-state index contributed by atoms with van der Waals surface area (Å²) in [6.45, 7) is 12.9. The molecule has 7 N–H and O–H groups in total. The van der Waals surface area contributed by atoms with Crippen molar-refractivity contribution in [3.63, 3.8) is 0 Å². The lowest BCUT2D eigenvalue weighted by Gasteiger charge is -2.28. The molecule has 0 aromatic rings. The fraction of sp³-hybridized carbons (Fsp3) is 0.773. The van der Waals surface area contributed by atoms with E-state index in [1.54, 1.807) is 40.9 Å². The third kappa shape index (κ3) is 14.0. The first-order valence-electron chi connectivity index (χ1n) is 11.2. The molecule has 0 fully saturated rings. The smallest absolute Gasteiger partial charge is 0.408 e. The molecule has 3 amide bonds. The molecule has 0 aromatic carbocycles. The van der Waals surface area contributed by atoms with Crippen molar-refractivity contribution in [3.8, 4) is 0 Å². The molecule has 11 heteroatoms. The molecule has 0 aliphatic rings. The molecule has 0 saturated carbocycles. The summed E-state index contributed by atoms with van der Waals surface area (Å²) in [6.07, 6.45) is 2.18. The van der Waals surface area contributed by atoms with Gasteiger partial charge in [-0.3, -0.25) is 19.8 Å². The van der Waals surface area contributed by atoms with Gasteiger partial charge in [0.05, 0.1) is 6.04 Å². The number of ether oxygens (including phenoxy) is 1. The average molecular weight is 470 g/mol. The topological polar surface area (TPSA) is 176 Å². The van der Waals surface area contributed by atoms with Crippen LogP contribution in [0.3, 0.4) is 0 Å². The predicted molar refractivity (Wildman–Crippen MR) is 126 cm³/mol. The number of carbonyl (C=O) groups is 3. The van der Waals surface area contributed by atoms with Gasteiger partial charge in [0.25, 0.3) is 0 Å². The minimum atomic E-state index is -0.909. The molecule has 11 nitrogen and oxygen atoms in total. The number of amides is 3. The zero-order valence-electron chi connectivity index (χ0n) is 20.8. The molecule has 33 heavy (non-hydrogen) atoms. The Morgan fingerprint density at radius 1 is 1.03 bits per heavy atom. The van der Waals surface area contributed by atoms with E-state index in [1.165, 1.54) is 0 Å². The maximum atomic E-state index is 12.9. The van der Waals surface area contributed by atoms with Crippen molar-refractivity contribution in [2.24, 2.45) is 17.6 Å². The minimum absolute atomic E-state index is 0.0794. The Bertz CT molecular complexity index is 675. The summed E-state index contributed by atoms with van der Waals surface area (Å²) in [6, 6.07) is -2.67. The molecule has 0 bridgehead atoms. The Hall–Kier alpha value is -2.85. The Balaban J connectivity index is 5.19. The summed E-state index contributed by atoms with van der Waals surface area (Å²) in [5, 5.41) is 17.6. The largest absolute Gasteiger partial charge is 0.444 e. The number of hydrogen-bond donors (Lipinski definition) is 6. The van der Waals surface area contributed by atoms with Crippen LogP contribution in [0.2, 0.25) is 0 Å². The highest BCUT2D eigenvalue weighted by atomic mass is 16.6. The molecular formula is C22H41N6O5. The SMILES string of the molecule is CC(C)CC(NC(=O)[C@H](NC(=O)OC(C)(C)C)C(C)C)C(=O)NC([C]=O)CCCNC(=N)N. The van der Waals surface area contributed by atoms with Gasteiger partial charge in [-0.15, -0.1) is 0 Å². The lowest BCUT2D eigenvalue weighted by atomic mass is 9.99. The summed E-state index contributed by atoms with van der Waals surface area (Å²) in [7, 11) is 0. The van der Waals surface area contributed by atoms with E-state index in [-0.39, 0.29) is 17.8 Å². The van der Waals surface area contributed by atoms with Crippen LogP contribution in [0.1, 0.15) is 67.7 Å². The highest BCUT2D eigenvalue weighted by Crippen LogP contribution is 2.11. The fourth-order valence-electron chi connectivity index (χ4n) is 2.90. The molecule has 0 heterocycles. The third-order valence-electron chi connectivity index (χ3n) is 4.41. The van der Waals surface area contributed by atoms with Crippen LogP contribution in [-0.2, 0) is 19.1 Å². The Kier molecular flexibility index (Phi) is 13.1. The highest BCUT2D eigenvalue weighted by Gasteiger charge is 2.31. The summed E-state index contributed by atoms with van der Waals surface area (Å²) in [5.74, 6) is -1.38. The normalized spacial score (nSPS) is 14.1. The molecule has 1 radical (unpaired) electrons. The van der Waals surface area contributed by atoms with Crippen LogP contribution in [0.25, 0.3) is 0 Å². The van der Waals surface area contributed by atoms with E-state index in [0.717, 1.165) is 0 Å². The van der Waals surface area contributed by atoms with Gasteiger partial charge in [-0.1, -0.05) is 27.7 Å². The maximum Gasteiger partial charge on any atom is 0.408 e. The quantitative estimate of drug-likeness (QED) is 0.132. The van der Waals surface area contributed by atoms with Crippen LogP contribution in [0, 0.1) is 17.2 Å². The summed E-state index contributed by atoms with van der Waals surface area (Å²) in [4.78, 5) is 49.2. The predicted octanol–water partition coefficient (Wildman–Crippen LogP) is 0.924. The van der Waals surface area contributed by atoms with E-state index in [9.17, 15) is 19.2 Å². The number of alkyl carbamates (subject to hydrolysis) is 1. The zero-order chi connectivity index (χ0) is 25.8. The molecule has 3 atom stereocenters. The van der Waals surface area contributed by atoms with Crippen LogP contribution >= 0.6 is 0 Å². The number of hydrogen-bond acceptors (Lipinski definition) is 6. The van der Waals surface area contributed by atoms with Gasteiger partial charge >= 0.3 is 6.09 Å². The third-order valence-corrected chi connectivity index (χ3v) is 4.41. The Morgan fingerprint density at radius 2 is 1.64 bits per heavy atom. The van der Waals surface area contributed by atoms with Crippen molar-refractivity contribution >= 4 is 30.2 Å². The summed E-state index contributed by atoms with van der Waals surface area (Å²) < 4.78 is 5.24. The number of carbonyl (C=O) groups excluding carboxylic acids is 4. The number of nitrogens with two attached hydrogens (primary N) is 1. The molecular weight excluding hydrogens is 428 g/mol. The van der Waals surface area contributed by atoms with Crippen molar-refractivity contribution in [2.45, 2.75) is 91.5 Å². The summed E-state index contributed by atoms with van der Waals surface area (Å²) in [5.41, 5.74) is 4.49. The Morgan fingerprint density at radius 3 is 2.09 bits per heavy atom. The monoisotopic (exact) mass is 469 g/mol. The van der Waals surface area contributed by atoms with Gasteiger partial charge in [-0.25, -0.2) is 4.79 Å². The molecule has 0 aliphatic carbocycles. The van der Waals surface area contributed by atoms with Gasteiger partial charge in [-0.2, -0.15) is 0 Å². The molecule has 189 valence electrons. The van der Waals surface area contributed by atoms with Gasteiger partial charge in [0, 0.05) is 6.54 Å². The second-order valence-corrected chi connectivity index (χ2v) is 9.72. The van der Waals surface area contributed by atoms with Gasteiger partial charge < -0.3 is 31.7 Å². The van der Waals surface area contributed by atoms with E-state index >= 15 is 0 Å². The second kappa shape index (κ2) is 14.3. The molecule has 0 rings (SSSR count). The average Bonchev–Trinajstić information content (AvgIpc) is 2.65. The van der Waals surface area contributed by atoms with Gasteiger partial charge in [0.2, 0.25) is 18.1 Å². The first-order valence-corrected chi connectivity index (χ1v) is 11.2. The van der Waals surface area contributed by atoms with E-state index < -0.39 is 41.6 Å². The van der Waals surface area contributed by atoms with Crippen LogP contribution < -0.4 is 27.0 Å². The fourth-order valence-corrected chi connectivity index (χ4v) is 2.90. The van der Waals surface area contributed by atoms with E-state index in [1.807, 2.05) is 13.8 Å². The lowest BCUT2D eigenvalue weighted by Crippen LogP contribution is -2.57. The van der Waals surface area contributed by atoms with Gasteiger partial charge in [0.1, 0.15) is 17.7 Å². The van der Waals surface area contributed by atoms with Crippen molar-refractivity contribution in [3.05, 3.63) is 0 Å². The molecule has 0 aromatic heterocycles. The number of rotatable bonds is 13. The van der Waals surface area contributed by atoms with Crippen LogP contribution in [0.5, 0.6) is 0 Å². The Labute approximate surface area is 196 Å². The van der Waals surface area contributed by atoms with Crippen LogP contribution in [0.15, 0.2) is 0 Å². The summed E-state index contributed by atoms with van der Waals surface area (Å²) >= 11 is 0. The zero-order valence-corrected chi connectivity index (χ0v) is 20.8. The molecule has 0 aliphatic heterocycles. The molecule has 0 saturated heterocycles. The van der Waals surface area contributed by atoms with Crippen LogP contribution in [0.4, 0.5) is 4.79 Å². The number of nitrogens with one attached hydrogen (secondary N) is 5. The lowest BCUT2D eigenvalue weighted by molar-refractivity contribution is -0.131. The van der Waals surface area contributed by atoms with Crippen molar-refractivity contribution in [1.82, 2.24) is 21.3 Å². The van der Waals surface area contributed by atoms with Crippen LogP contribution in [-0.4, -0.2) is 60.4 Å². The van der Waals surface area contributed by atoms with E-state index in [0.29, 0.717) is 25.8 Å². The second-order valence-electron chi connectivity index (χ2n) is 9.72. The van der Waals surface area contributed by atoms with Crippen molar-refractivity contribution in [2.75, 3.05) is 6.54 Å². The maximum absolute atomic E-state index is 12.9. The minimum Gasteiger partial charge on any atom is -0.444 e. The van der Waals surface area contributed by atoms with Gasteiger partial charge in [0.15, 0.2) is 5.96 Å². The molecule has 0 spiro atoms. The number of guanidine groups is 1. The van der Waals surface area contributed by atoms with Crippen molar-refractivity contribution < 1.29 is 23.9 Å².